The van der Waals surface area contributed by atoms with Crippen LogP contribution >= 0.6 is 0 Å². The molecule has 0 spiro atoms. The molecule has 0 heterocycles. The molecule has 0 fully saturated rings. The standard InChI is InChI=1S/C12H19NO3Si/c1-5-15-12(14)10-7-6-9(8-11(10)13)16-17(2,3)4/h6-8H,5,13H2,1-4H3. The highest BCUT2D eigenvalue weighted by Gasteiger charge is 2.18. The first-order chi connectivity index (χ1) is 7.83. The third-order valence-electron chi connectivity index (χ3n) is 1.94. The van der Waals surface area contributed by atoms with E-state index in [1.807, 2.05) is 0 Å². The van der Waals surface area contributed by atoms with E-state index in [0.717, 1.165) is 0 Å². The van der Waals surface area contributed by atoms with Gasteiger partial charge in [0.2, 0.25) is 8.32 Å². The largest absolute Gasteiger partial charge is 0.544 e. The van der Waals surface area contributed by atoms with Crippen LogP contribution in [0.1, 0.15) is 17.3 Å². The molecule has 4 nitrogen and oxygen atoms in total. The number of ether oxygens (including phenoxy) is 1. The van der Waals surface area contributed by atoms with Crippen LogP contribution in [-0.2, 0) is 4.74 Å². The maximum atomic E-state index is 11.5. The van der Waals surface area contributed by atoms with Gasteiger partial charge in [-0.25, -0.2) is 4.79 Å². The molecule has 0 aliphatic carbocycles. The van der Waals surface area contributed by atoms with Gasteiger partial charge in [-0.2, -0.15) is 0 Å². The number of esters is 1. The molecular weight excluding hydrogens is 234 g/mol. The van der Waals surface area contributed by atoms with E-state index in [2.05, 4.69) is 19.6 Å². The molecule has 0 bridgehead atoms. The van der Waals surface area contributed by atoms with Gasteiger partial charge in [0.25, 0.3) is 0 Å². The van der Waals surface area contributed by atoms with E-state index in [0.29, 0.717) is 23.6 Å². The Bertz CT molecular complexity index is 413. The van der Waals surface area contributed by atoms with Gasteiger partial charge in [0.1, 0.15) is 5.75 Å². The SMILES string of the molecule is CCOC(=O)c1ccc(O[Si](C)(C)C)cc1N. The van der Waals surface area contributed by atoms with Crippen molar-refractivity contribution in [2.75, 3.05) is 12.3 Å². The van der Waals surface area contributed by atoms with Crippen molar-refractivity contribution in [3.05, 3.63) is 23.8 Å². The number of nitrogens with two attached hydrogens (primary N) is 1. The average Bonchev–Trinajstić information content (AvgIpc) is 2.15. The van der Waals surface area contributed by atoms with Crippen molar-refractivity contribution in [2.45, 2.75) is 26.6 Å². The summed E-state index contributed by atoms with van der Waals surface area (Å²) in [6.45, 7) is 8.36. The Balaban J connectivity index is 2.90. The number of carbonyl (C=O) groups is 1. The third-order valence-corrected chi connectivity index (χ3v) is 2.79. The molecule has 17 heavy (non-hydrogen) atoms. The monoisotopic (exact) mass is 253 g/mol. The van der Waals surface area contributed by atoms with Gasteiger partial charge in [-0.3, -0.25) is 0 Å². The molecule has 94 valence electrons. The summed E-state index contributed by atoms with van der Waals surface area (Å²) in [5.41, 5.74) is 6.58. The molecule has 1 rings (SSSR count). The summed E-state index contributed by atoms with van der Waals surface area (Å²) < 4.78 is 10.7. The fourth-order valence-electron chi connectivity index (χ4n) is 1.35. The zero-order chi connectivity index (χ0) is 13.1. The van der Waals surface area contributed by atoms with Gasteiger partial charge in [-0.1, -0.05) is 0 Å². The first-order valence-corrected chi connectivity index (χ1v) is 9.00. The van der Waals surface area contributed by atoms with Gasteiger partial charge in [-0.05, 0) is 38.7 Å². The summed E-state index contributed by atoms with van der Waals surface area (Å²) in [5.74, 6) is 0.305. The van der Waals surface area contributed by atoms with Gasteiger partial charge < -0.3 is 14.9 Å². The van der Waals surface area contributed by atoms with Crippen LogP contribution in [0.25, 0.3) is 0 Å². The van der Waals surface area contributed by atoms with Gasteiger partial charge in [0.15, 0.2) is 0 Å². The molecule has 2 N–H and O–H groups in total. The lowest BCUT2D eigenvalue weighted by Gasteiger charge is -2.19. The van der Waals surface area contributed by atoms with Crippen molar-refractivity contribution in [3.63, 3.8) is 0 Å². The maximum absolute atomic E-state index is 11.5. The van der Waals surface area contributed by atoms with Gasteiger partial charge in [0.05, 0.1) is 12.2 Å². The molecule has 0 unspecified atom stereocenters. The summed E-state index contributed by atoms with van der Waals surface area (Å²) in [6, 6.07) is 5.06. The Hall–Kier alpha value is -1.49. The van der Waals surface area contributed by atoms with E-state index in [1.54, 1.807) is 25.1 Å². The summed E-state index contributed by atoms with van der Waals surface area (Å²) in [4.78, 5) is 11.5. The Morgan fingerprint density at radius 3 is 2.47 bits per heavy atom. The minimum Gasteiger partial charge on any atom is -0.544 e. The van der Waals surface area contributed by atoms with Crippen LogP contribution in [0.15, 0.2) is 18.2 Å². The van der Waals surface area contributed by atoms with Crippen LogP contribution in [0.2, 0.25) is 19.6 Å². The lowest BCUT2D eigenvalue weighted by atomic mass is 10.2. The Kier molecular flexibility index (Phi) is 4.17. The van der Waals surface area contributed by atoms with Crippen molar-refractivity contribution in [2.24, 2.45) is 0 Å². The molecule has 0 atom stereocenters. The maximum Gasteiger partial charge on any atom is 0.340 e. The smallest absolute Gasteiger partial charge is 0.340 e. The normalized spacial score (nSPS) is 11.1. The third kappa shape index (κ3) is 4.11. The highest BCUT2D eigenvalue weighted by atomic mass is 28.4. The molecule has 1 aromatic rings. The van der Waals surface area contributed by atoms with Crippen LogP contribution in [0.4, 0.5) is 5.69 Å². The summed E-state index contributed by atoms with van der Waals surface area (Å²) in [7, 11) is -1.65. The van der Waals surface area contributed by atoms with Crippen molar-refractivity contribution >= 4 is 20.0 Å². The summed E-state index contributed by atoms with van der Waals surface area (Å²) in [5, 5.41) is 0. The molecule has 5 heteroatoms. The predicted molar refractivity (Wildman–Crippen MR) is 70.8 cm³/mol. The van der Waals surface area contributed by atoms with Crippen molar-refractivity contribution in [1.29, 1.82) is 0 Å². The first-order valence-electron chi connectivity index (χ1n) is 5.59. The Labute approximate surface area is 103 Å². The molecular formula is C12H19NO3Si. The van der Waals surface area contributed by atoms with E-state index in [4.69, 9.17) is 14.9 Å². The van der Waals surface area contributed by atoms with Gasteiger partial charge in [0, 0.05) is 11.8 Å². The highest BCUT2D eigenvalue weighted by Crippen LogP contribution is 2.23. The number of hydrogen-bond donors (Lipinski definition) is 1. The zero-order valence-corrected chi connectivity index (χ0v) is 11.7. The lowest BCUT2D eigenvalue weighted by Crippen LogP contribution is -2.29. The fourth-order valence-corrected chi connectivity index (χ4v) is 2.19. The molecule has 1 aromatic carbocycles. The van der Waals surface area contributed by atoms with Crippen molar-refractivity contribution in [1.82, 2.24) is 0 Å². The van der Waals surface area contributed by atoms with E-state index < -0.39 is 14.3 Å². The Morgan fingerprint density at radius 2 is 2.00 bits per heavy atom. The quantitative estimate of drug-likeness (QED) is 0.509. The van der Waals surface area contributed by atoms with Gasteiger partial charge in [-0.15, -0.1) is 0 Å². The van der Waals surface area contributed by atoms with Gasteiger partial charge >= 0.3 is 5.97 Å². The van der Waals surface area contributed by atoms with Crippen LogP contribution in [0, 0.1) is 0 Å². The number of hydrogen-bond acceptors (Lipinski definition) is 4. The molecule has 0 aliphatic heterocycles. The second kappa shape index (κ2) is 5.22. The van der Waals surface area contributed by atoms with Crippen molar-refractivity contribution < 1.29 is 14.0 Å². The van der Waals surface area contributed by atoms with E-state index in [9.17, 15) is 4.79 Å². The van der Waals surface area contributed by atoms with Crippen LogP contribution < -0.4 is 10.2 Å². The number of benzene rings is 1. The minimum atomic E-state index is -1.65. The first kappa shape index (κ1) is 13.6. The second-order valence-corrected chi connectivity index (χ2v) is 9.11. The second-order valence-electron chi connectivity index (χ2n) is 4.68. The molecule has 0 saturated carbocycles. The minimum absolute atomic E-state index is 0.339. The lowest BCUT2D eigenvalue weighted by molar-refractivity contribution is 0.0527. The molecule has 0 saturated heterocycles. The molecule has 0 aliphatic rings. The number of rotatable bonds is 4. The van der Waals surface area contributed by atoms with Crippen molar-refractivity contribution in [3.8, 4) is 5.75 Å². The highest BCUT2D eigenvalue weighted by molar-refractivity contribution is 6.70. The molecule has 0 aromatic heterocycles. The molecule has 0 amide bonds. The summed E-state index contributed by atoms with van der Waals surface area (Å²) in [6.07, 6.45) is 0. The fraction of sp³-hybridized carbons (Fsp3) is 0.417. The van der Waals surface area contributed by atoms with Crippen LogP contribution in [0.3, 0.4) is 0 Å². The van der Waals surface area contributed by atoms with E-state index in [1.165, 1.54) is 0 Å². The molecule has 0 radical (unpaired) electrons. The number of nitrogen functional groups attached to an aromatic ring is 1. The van der Waals surface area contributed by atoms with E-state index >= 15 is 0 Å². The summed E-state index contributed by atoms with van der Waals surface area (Å²) >= 11 is 0. The Morgan fingerprint density at radius 1 is 1.35 bits per heavy atom. The number of carbonyl (C=O) groups excluding carboxylic acids is 1. The topological polar surface area (TPSA) is 61.5 Å². The van der Waals surface area contributed by atoms with Crippen LogP contribution in [-0.4, -0.2) is 20.9 Å². The average molecular weight is 253 g/mol. The number of anilines is 1. The zero-order valence-electron chi connectivity index (χ0n) is 10.7. The van der Waals surface area contributed by atoms with Crippen LogP contribution in [0.5, 0.6) is 5.75 Å². The predicted octanol–water partition coefficient (Wildman–Crippen LogP) is 2.66. The van der Waals surface area contributed by atoms with E-state index in [-0.39, 0.29) is 0 Å².